The van der Waals surface area contributed by atoms with E-state index in [0.717, 1.165) is 48.9 Å². The first-order valence-corrected chi connectivity index (χ1v) is 12.6. The number of anilines is 2. The van der Waals surface area contributed by atoms with E-state index in [2.05, 4.69) is 25.3 Å². The van der Waals surface area contributed by atoms with Gasteiger partial charge < -0.3 is 10.6 Å². The number of thiophene rings is 1. The molecule has 160 valence electrons. The molecule has 1 aliphatic carbocycles. The molecular formula is C21H27N5O2S2. The van der Waals surface area contributed by atoms with Crippen LogP contribution in [0.1, 0.15) is 25.7 Å². The molecule has 30 heavy (non-hydrogen) atoms. The van der Waals surface area contributed by atoms with Crippen LogP contribution in [0, 0.1) is 11.8 Å². The first kappa shape index (κ1) is 21.0. The third-order valence-electron chi connectivity index (χ3n) is 5.68. The first-order chi connectivity index (χ1) is 14.5. The van der Waals surface area contributed by atoms with Gasteiger partial charge in [0.15, 0.2) is 0 Å². The van der Waals surface area contributed by atoms with Crippen LogP contribution in [0.25, 0.3) is 10.9 Å². The number of fused-ring (bicyclic) bond motifs is 1. The van der Waals surface area contributed by atoms with Crippen molar-refractivity contribution >= 4 is 44.0 Å². The highest BCUT2D eigenvalue weighted by Gasteiger charge is 2.23. The van der Waals surface area contributed by atoms with Crippen molar-refractivity contribution in [1.29, 1.82) is 0 Å². The van der Waals surface area contributed by atoms with E-state index < -0.39 is 10.0 Å². The van der Waals surface area contributed by atoms with E-state index in [0.29, 0.717) is 28.5 Å². The Labute approximate surface area is 181 Å². The van der Waals surface area contributed by atoms with Gasteiger partial charge in [-0.05, 0) is 61.1 Å². The molecule has 0 spiro atoms. The third kappa shape index (κ3) is 4.91. The van der Waals surface area contributed by atoms with Crippen molar-refractivity contribution in [3.8, 4) is 0 Å². The van der Waals surface area contributed by atoms with E-state index in [4.69, 9.17) is 0 Å². The van der Waals surface area contributed by atoms with Crippen LogP contribution in [0.15, 0.2) is 46.0 Å². The Morgan fingerprint density at radius 3 is 2.43 bits per heavy atom. The van der Waals surface area contributed by atoms with Crippen molar-refractivity contribution in [2.24, 2.45) is 11.8 Å². The molecule has 3 aromatic rings. The van der Waals surface area contributed by atoms with Gasteiger partial charge in [0.25, 0.3) is 0 Å². The summed E-state index contributed by atoms with van der Waals surface area (Å²) in [5.74, 6) is 2.40. The van der Waals surface area contributed by atoms with Crippen molar-refractivity contribution in [2.75, 3.05) is 30.8 Å². The fourth-order valence-corrected chi connectivity index (χ4v) is 6.09. The van der Waals surface area contributed by atoms with Crippen LogP contribution in [0.3, 0.4) is 0 Å². The van der Waals surface area contributed by atoms with Crippen LogP contribution < -0.4 is 15.4 Å². The van der Waals surface area contributed by atoms with Crippen molar-refractivity contribution in [1.82, 2.24) is 14.7 Å². The lowest BCUT2D eigenvalue weighted by Crippen LogP contribution is -2.32. The lowest BCUT2D eigenvalue weighted by molar-refractivity contribution is 0.284. The molecule has 0 unspecified atom stereocenters. The predicted octanol–water partition coefficient (Wildman–Crippen LogP) is 3.93. The van der Waals surface area contributed by atoms with Gasteiger partial charge >= 0.3 is 0 Å². The predicted molar refractivity (Wildman–Crippen MR) is 123 cm³/mol. The molecule has 1 saturated carbocycles. The molecule has 4 rings (SSSR count). The highest BCUT2D eigenvalue weighted by atomic mass is 32.2. The van der Waals surface area contributed by atoms with Crippen molar-refractivity contribution in [3.05, 3.63) is 41.8 Å². The van der Waals surface area contributed by atoms with E-state index in [1.54, 1.807) is 17.5 Å². The van der Waals surface area contributed by atoms with Crippen LogP contribution in [0.5, 0.6) is 0 Å². The summed E-state index contributed by atoms with van der Waals surface area (Å²) in [6.07, 6.45) is 4.20. The maximum absolute atomic E-state index is 12.3. The summed E-state index contributed by atoms with van der Waals surface area (Å²) in [6.45, 7) is 1.34. The fraction of sp³-hybridized carbons (Fsp3) is 0.429. The second-order valence-electron chi connectivity index (χ2n) is 7.71. The summed E-state index contributed by atoms with van der Waals surface area (Å²) < 4.78 is 27.7. The minimum atomic E-state index is -3.37. The van der Waals surface area contributed by atoms with Crippen LogP contribution in [0.4, 0.5) is 11.8 Å². The number of hydrogen-bond donors (Lipinski definition) is 3. The summed E-state index contributed by atoms with van der Waals surface area (Å²) in [5, 5.41) is 9.34. The molecule has 7 nitrogen and oxygen atoms in total. The Morgan fingerprint density at radius 2 is 1.73 bits per heavy atom. The largest absolute Gasteiger partial charge is 0.372 e. The molecule has 1 aromatic carbocycles. The lowest BCUT2D eigenvalue weighted by Gasteiger charge is -2.28. The smallest absolute Gasteiger partial charge is 0.250 e. The SMILES string of the molecule is CNc1nc(NC[C@H]2CC[C@H](CNS(=O)(=O)c3cccs3)CC2)nc2ccccc12. The van der Waals surface area contributed by atoms with Crippen LogP contribution in [-0.4, -0.2) is 38.5 Å². The molecule has 0 aliphatic heterocycles. The second-order valence-corrected chi connectivity index (χ2v) is 10.7. The molecular weight excluding hydrogens is 418 g/mol. The van der Waals surface area contributed by atoms with E-state index in [1.165, 1.54) is 11.3 Å². The van der Waals surface area contributed by atoms with E-state index in [-0.39, 0.29) is 0 Å². The van der Waals surface area contributed by atoms with Gasteiger partial charge in [0.05, 0.1) is 5.52 Å². The lowest BCUT2D eigenvalue weighted by atomic mass is 9.82. The van der Waals surface area contributed by atoms with Crippen molar-refractivity contribution in [2.45, 2.75) is 29.9 Å². The number of hydrogen-bond acceptors (Lipinski definition) is 7. The molecule has 0 radical (unpaired) electrons. The van der Waals surface area contributed by atoms with E-state index in [1.807, 2.05) is 31.3 Å². The Hall–Kier alpha value is -2.23. The number of nitrogens with one attached hydrogen (secondary N) is 3. The van der Waals surface area contributed by atoms with Gasteiger partial charge in [-0.2, -0.15) is 4.98 Å². The average molecular weight is 446 g/mol. The zero-order chi connectivity index (χ0) is 21.0. The molecule has 2 heterocycles. The van der Waals surface area contributed by atoms with Crippen LogP contribution >= 0.6 is 11.3 Å². The highest BCUT2D eigenvalue weighted by Crippen LogP contribution is 2.29. The minimum Gasteiger partial charge on any atom is -0.372 e. The van der Waals surface area contributed by atoms with Gasteiger partial charge in [-0.1, -0.05) is 18.2 Å². The molecule has 1 aliphatic rings. The summed E-state index contributed by atoms with van der Waals surface area (Å²) >= 11 is 1.25. The second kappa shape index (κ2) is 9.28. The minimum absolute atomic E-state index is 0.386. The monoisotopic (exact) mass is 445 g/mol. The molecule has 0 amide bonds. The van der Waals surface area contributed by atoms with Crippen molar-refractivity contribution < 1.29 is 8.42 Å². The summed E-state index contributed by atoms with van der Waals surface area (Å²) in [6, 6.07) is 11.4. The molecule has 3 N–H and O–H groups in total. The third-order valence-corrected chi connectivity index (χ3v) is 8.50. The van der Waals surface area contributed by atoms with Crippen LogP contribution in [0.2, 0.25) is 0 Å². The number of nitrogens with zero attached hydrogens (tertiary/aromatic N) is 2. The van der Waals surface area contributed by atoms with Gasteiger partial charge in [0.2, 0.25) is 16.0 Å². The van der Waals surface area contributed by atoms with Gasteiger partial charge in [-0.15, -0.1) is 11.3 Å². The Morgan fingerprint density at radius 1 is 1.00 bits per heavy atom. The molecule has 2 aromatic heterocycles. The maximum Gasteiger partial charge on any atom is 0.250 e. The Bertz CT molecular complexity index is 1080. The number of benzene rings is 1. The van der Waals surface area contributed by atoms with E-state index in [9.17, 15) is 8.42 Å². The van der Waals surface area contributed by atoms with Gasteiger partial charge in [0.1, 0.15) is 10.0 Å². The Balaban J connectivity index is 1.27. The number of rotatable bonds is 8. The topological polar surface area (TPSA) is 96.0 Å². The normalized spacial score (nSPS) is 19.6. The zero-order valence-electron chi connectivity index (χ0n) is 17.0. The number of para-hydroxylation sites is 1. The van der Waals surface area contributed by atoms with Crippen molar-refractivity contribution in [3.63, 3.8) is 0 Å². The zero-order valence-corrected chi connectivity index (χ0v) is 18.6. The quantitative estimate of drug-likeness (QED) is 0.486. The van der Waals surface area contributed by atoms with Crippen LogP contribution in [-0.2, 0) is 10.0 Å². The fourth-order valence-electron chi connectivity index (χ4n) is 3.94. The van der Waals surface area contributed by atoms with E-state index >= 15 is 0 Å². The molecule has 0 atom stereocenters. The Kier molecular flexibility index (Phi) is 6.50. The number of aromatic nitrogens is 2. The molecule has 9 heteroatoms. The molecule has 1 fully saturated rings. The van der Waals surface area contributed by atoms with Gasteiger partial charge in [-0.25, -0.2) is 18.1 Å². The molecule has 0 saturated heterocycles. The summed E-state index contributed by atoms with van der Waals surface area (Å²) in [5.41, 5.74) is 0.918. The average Bonchev–Trinajstić information content (AvgIpc) is 3.32. The highest BCUT2D eigenvalue weighted by molar-refractivity contribution is 7.91. The molecule has 0 bridgehead atoms. The van der Waals surface area contributed by atoms with Gasteiger partial charge in [-0.3, -0.25) is 0 Å². The van der Waals surface area contributed by atoms with Gasteiger partial charge in [0, 0.05) is 25.5 Å². The standard InChI is InChI=1S/C21H27N5O2S2/c1-22-20-17-5-2-3-6-18(17)25-21(26-20)23-13-15-8-10-16(11-9-15)14-24-30(27,28)19-7-4-12-29-19/h2-7,12,15-16,24H,8-11,13-14H2,1H3,(H2,22,23,25,26)/t15-,16-. The summed E-state index contributed by atoms with van der Waals surface area (Å²) in [4.78, 5) is 9.22. The number of sulfonamides is 1. The summed E-state index contributed by atoms with van der Waals surface area (Å²) in [7, 11) is -1.50. The first-order valence-electron chi connectivity index (χ1n) is 10.3. The maximum atomic E-state index is 12.3.